The van der Waals surface area contributed by atoms with Crippen LogP contribution in [0.1, 0.15) is 46.0 Å². The molecule has 3 nitrogen and oxygen atoms in total. The molecule has 112 valence electrons. The topological polar surface area (TPSA) is 31.0 Å². The Hall–Kier alpha value is 0.0969. The molecule has 0 N–H and O–H groups in total. The van der Waals surface area contributed by atoms with Crippen molar-refractivity contribution in [1.82, 2.24) is 0 Å². The minimum absolute atomic E-state index is 0.00723. The molecular formula is C15H30O3Si. The van der Waals surface area contributed by atoms with Gasteiger partial charge in [-0.25, -0.2) is 0 Å². The number of hydrogen-bond acceptors (Lipinski definition) is 3. The zero-order chi connectivity index (χ0) is 13.5. The first-order valence-electron chi connectivity index (χ1n) is 8.22. The quantitative estimate of drug-likeness (QED) is 0.268. The van der Waals surface area contributed by atoms with Crippen LogP contribution >= 0.6 is 0 Å². The van der Waals surface area contributed by atoms with Gasteiger partial charge in [0.1, 0.15) is 0 Å². The Bertz CT molecular complexity index is 240. The summed E-state index contributed by atoms with van der Waals surface area (Å²) < 4.78 is 16.8. The van der Waals surface area contributed by atoms with Crippen LogP contribution in [-0.4, -0.2) is 41.2 Å². The van der Waals surface area contributed by atoms with E-state index in [1.54, 1.807) is 0 Å². The molecule has 0 aromatic carbocycles. The fourth-order valence-electron chi connectivity index (χ4n) is 3.26. The van der Waals surface area contributed by atoms with Crippen LogP contribution in [0.15, 0.2) is 0 Å². The third-order valence-electron chi connectivity index (χ3n) is 4.37. The van der Waals surface area contributed by atoms with Crippen molar-refractivity contribution >= 4 is 9.52 Å². The average molecular weight is 286 g/mol. The average Bonchev–Trinajstić information content (AvgIpc) is 3.17. The van der Waals surface area contributed by atoms with Gasteiger partial charge in [-0.05, 0) is 45.1 Å². The molecule has 0 spiro atoms. The smallest absolute Gasteiger partial charge is 0.154 e. The summed E-state index contributed by atoms with van der Waals surface area (Å²) in [5, 5.41) is 0. The molecule has 3 atom stereocenters. The molecule has 19 heavy (non-hydrogen) atoms. The van der Waals surface area contributed by atoms with E-state index in [1.165, 1.54) is 44.2 Å². The van der Waals surface area contributed by atoms with Crippen molar-refractivity contribution in [2.24, 2.45) is 5.92 Å². The molecule has 2 aliphatic rings. The van der Waals surface area contributed by atoms with Crippen molar-refractivity contribution in [2.75, 3.05) is 13.2 Å². The summed E-state index contributed by atoms with van der Waals surface area (Å²) in [6.45, 7) is 5.63. The van der Waals surface area contributed by atoms with E-state index in [2.05, 4.69) is 0 Å². The van der Waals surface area contributed by atoms with Crippen molar-refractivity contribution in [1.29, 1.82) is 0 Å². The lowest BCUT2D eigenvalue weighted by Crippen LogP contribution is -2.19. The van der Waals surface area contributed by atoms with E-state index < -0.39 is 0 Å². The number of rotatable bonds is 10. The molecule has 2 fully saturated rings. The third-order valence-corrected chi connectivity index (χ3v) is 6.25. The molecule has 4 heteroatoms. The molecule has 1 saturated carbocycles. The van der Waals surface area contributed by atoms with E-state index >= 15 is 0 Å². The van der Waals surface area contributed by atoms with E-state index in [9.17, 15) is 0 Å². The van der Waals surface area contributed by atoms with E-state index in [4.69, 9.17) is 14.2 Å². The maximum Gasteiger partial charge on any atom is 0.154 e. The Morgan fingerprint density at radius 3 is 2.63 bits per heavy atom. The summed E-state index contributed by atoms with van der Waals surface area (Å²) >= 11 is 0. The van der Waals surface area contributed by atoms with Crippen molar-refractivity contribution in [2.45, 2.75) is 76.5 Å². The van der Waals surface area contributed by atoms with Gasteiger partial charge in [-0.1, -0.05) is 18.9 Å². The number of hydrogen-bond donors (Lipinski definition) is 0. The highest BCUT2D eigenvalue weighted by atomic mass is 28.2. The predicted molar refractivity (Wildman–Crippen MR) is 80.4 cm³/mol. The second-order valence-corrected chi connectivity index (χ2v) is 7.86. The van der Waals surface area contributed by atoms with Crippen molar-refractivity contribution < 1.29 is 14.2 Å². The highest BCUT2D eigenvalue weighted by Crippen LogP contribution is 2.41. The molecule has 3 unspecified atom stereocenters. The van der Waals surface area contributed by atoms with Gasteiger partial charge >= 0.3 is 0 Å². The minimum Gasteiger partial charge on any atom is -0.370 e. The van der Waals surface area contributed by atoms with Crippen LogP contribution in [0.2, 0.25) is 12.1 Å². The van der Waals surface area contributed by atoms with E-state index in [1.807, 2.05) is 13.8 Å². The van der Waals surface area contributed by atoms with Gasteiger partial charge in [0.25, 0.3) is 0 Å². The first kappa shape index (κ1) is 15.5. The van der Waals surface area contributed by atoms with Crippen LogP contribution in [0.5, 0.6) is 0 Å². The third kappa shape index (κ3) is 5.54. The Labute approximate surface area is 120 Å². The fourth-order valence-corrected chi connectivity index (χ4v) is 4.85. The molecule has 0 radical (unpaired) electrons. The summed E-state index contributed by atoms with van der Waals surface area (Å²) in [5.74, 6) is 0.951. The van der Waals surface area contributed by atoms with E-state index in [0.29, 0.717) is 12.2 Å². The molecular weight excluding hydrogens is 256 g/mol. The monoisotopic (exact) mass is 286 g/mol. The van der Waals surface area contributed by atoms with Crippen LogP contribution in [0.4, 0.5) is 0 Å². The minimum atomic E-state index is -0.00723. The Morgan fingerprint density at radius 2 is 1.95 bits per heavy atom. The summed E-state index contributed by atoms with van der Waals surface area (Å²) in [6.07, 6.45) is 8.30. The van der Waals surface area contributed by atoms with Gasteiger partial charge in [-0.15, -0.1) is 0 Å². The van der Waals surface area contributed by atoms with Crippen molar-refractivity contribution in [3.05, 3.63) is 0 Å². The second-order valence-electron chi connectivity index (χ2n) is 5.87. The zero-order valence-electron chi connectivity index (χ0n) is 12.6. The molecule has 1 aliphatic heterocycles. The molecule has 0 aromatic rings. The summed E-state index contributed by atoms with van der Waals surface area (Å²) in [4.78, 5) is 0. The second kappa shape index (κ2) is 8.40. The maximum absolute atomic E-state index is 5.60. The van der Waals surface area contributed by atoms with Crippen LogP contribution < -0.4 is 0 Å². The normalized spacial score (nSPS) is 30.2. The van der Waals surface area contributed by atoms with Gasteiger partial charge in [0, 0.05) is 22.7 Å². The standard InChI is InChI=1S/C15H30O3Si/c1-3-16-15(17-4-2)11-19-9-5-6-12-7-8-13-14(10-12)18-13/h12-15H,3-11,19H2,1-2H3. The van der Waals surface area contributed by atoms with Crippen LogP contribution in [0.3, 0.4) is 0 Å². The molecule has 1 aliphatic carbocycles. The molecule has 2 rings (SSSR count). The Kier molecular flexibility index (Phi) is 6.84. The molecule has 0 amide bonds. The fraction of sp³-hybridized carbons (Fsp3) is 1.00. The molecule has 1 heterocycles. The van der Waals surface area contributed by atoms with Crippen LogP contribution in [-0.2, 0) is 14.2 Å². The van der Waals surface area contributed by atoms with Crippen LogP contribution in [0, 0.1) is 5.92 Å². The molecule has 0 bridgehead atoms. The van der Waals surface area contributed by atoms with Crippen molar-refractivity contribution in [3.8, 4) is 0 Å². The zero-order valence-corrected chi connectivity index (χ0v) is 14.0. The number of fused-ring (bicyclic) bond motifs is 1. The first-order valence-corrected chi connectivity index (χ1v) is 10.2. The number of epoxide rings is 1. The largest absolute Gasteiger partial charge is 0.370 e. The van der Waals surface area contributed by atoms with Gasteiger partial charge < -0.3 is 14.2 Å². The summed E-state index contributed by atoms with van der Waals surface area (Å²) in [7, 11) is -0.00723. The van der Waals surface area contributed by atoms with Crippen molar-refractivity contribution in [3.63, 3.8) is 0 Å². The summed E-state index contributed by atoms with van der Waals surface area (Å²) in [5.41, 5.74) is 0. The molecule has 0 aromatic heterocycles. The summed E-state index contributed by atoms with van der Waals surface area (Å²) in [6, 6.07) is 2.63. The maximum atomic E-state index is 5.60. The lowest BCUT2D eigenvalue weighted by Gasteiger charge is -2.19. The predicted octanol–water partition coefficient (Wildman–Crippen LogP) is 2.74. The Balaban J connectivity index is 1.46. The number of ether oxygens (including phenoxy) is 3. The lowest BCUT2D eigenvalue weighted by atomic mass is 9.86. The van der Waals surface area contributed by atoms with E-state index in [-0.39, 0.29) is 15.8 Å². The van der Waals surface area contributed by atoms with Crippen LogP contribution in [0.25, 0.3) is 0 Å². The lowest BCUT2D eigenvalue weighted by molar-refractivity contribution is -0.123. The van der Waals surface area contributed by atoms with E-state index in [0.717, 1.165) is 19.1 Å². The van der Waals surface area contributed by atoms with Gasteiger partial charge in [-0.2, -0.15) is 0 Å². The van der Waals surface area contributed by atoms with Gasteiger partial charge in [0.15, 0.2) is 6.29 Å². The van der Waals surface area contributed by atoms with Gasteiger partial charge in [0.2, 0.25) is 0 Å². The first-order chi connectivity index (χ1) is 9.33. The van der Waals surface area contributed by atoms with Gasteiger partial charge in [-0.3, -0.25) is 0 Å². The highest BCUT2D eigenvalue weighted by molar-refractivity contribution is 6.35. The highest BCUT2D eigenvalue weighted by Gasteiger charge is 2.43. The van der Waals surface area contributed by atoms with Gasteiger partial charge in [0.05, 0.1) is 12.2 Å². The SMILES string of the molecule is CCOC(C[SiH2]CCCC1CCC2OC2C1)OCC. The molecule has 1 saturated heterocycles. The Morgan fingerprint density at radius 1 is 1.16 bits per heavy atom.